The van der Waals surface area contributed by atoms with Crippen molar-refractivity contribution in [2.75, 3.05) is 26.8 Å². The van der Waals surface area contributed by atoms with Gasteiger partial charge >= 0.3 is 11.9 Å². The molecule has 0 saturated carbocycles. The maximum absolute atomic E-state index is 11.8. The van der Waals surface area contributed by atoms with Gasteiger partial charge in [0, 0.05) is 19.5 Å². The van der Waals surface area contributed by atoms with Gasteiger partial charge in [-0.2, -0.15) is 0 Å². The van der Waals surface area contributed by atoms with E-state index >= 15 is 0 Å². The largest absolute Gasteiger partial charge is 0.480 e. The van der Waals surface area contributed by atoms with E-state index in [1.54, 1.807) is 0 Å². The van der Waals surface area contributed by atoms with Crippen LogP contribution in [0.15, 0.2) is 0 Å². The van der Waals surface area contributed by atoms with Gasteiger partial charge in [-0.15, -0.1) is 0 Å². The molecule has 1 aliphatic heterocycles. The Morgan fingerprint density at radius 1 is 1.53 bits per heavy atom. The van der Waals surface area contributed by atoms with Crippen molar-refractivity contribution in [3.8, 4) is 0 Å². The number of carbonyl (C=O) groups excluding carboxylic acids is 2. The normalized spacial score (nSPS) is 20.4. The molecule has 0 aromatic heterocycles. The number of aliphatic carboxylic acids is 1. The lowest BCUT2D eigenvalue weighted by Gasteiger charge is -2.24. The van der Waals surface area contributed by atoms with E-state index in [1.807, 2.05) is 0 Å². The SMILES string of the molecule is COC(=O)CC[C@@H](NC(=O)C1CNCCO1)C(=O)O. The van der Waals surface area contributed by atoms with Crippen molar-refractivity contribution in [3.05, 3.63) is 0 Å². The van der Waals surface area contributed by atoms with Crippen LogP contribution in [0.2, 0.25) is 0 Å². The van der Waals surface area contributed by atoms with Crippen molar-refractivity contribution in [1.29, 1.82) is 0 Å². The van der Waals surface area contributed by atoms with Gasteiger partial charge in [-0.25, -0.2) is 4.79 Å². The molecular formula is C11H18N2O6. The Hall–Kier alpha value is -1.67. The van der Waals surface area contributed by atoms with Crippen LogP contribution in [0.4, 0.5) is 0 Å². The molecule has 0 aliphatic carbocycles. The molecule has 2 atom stereocenters. The van der Waals surface area contributed by atoms with E-state index in [-0.39, 0.29) is 12.8 Å². The first-order chi connectivity index (χ1) is 9.04. The average Bonchev–Trinajstić information content (AvgIpc) is 2.43. The molecule has 0 aromatic rings. The minimum atomic E-state index is -1.19. The number of nitrogens with one attached hydrogen (secondary N) is 2. The second-order valence-electron chi connectivity index (χ2n) is 4.08. The van der Waals surface area contributed by atoms with E-state index in [2.05, 4.69) is 15.4 Å². The molecule has 1 amide bonds. The number of hydrogen-bond acceptors (Lipinski definition) is 6. The Morgan fingerprint density at radius 3 is 2.79 bits per heavy atom. The smallest absolute Gasteiger partial charge is 0.326 e. The van der Waals surface area contributed by atoms with E-state index < -0.39 is 30.0 Å². The van der Waals surface area contributed by atoms with E-state index in [0.29, 0.717) is 19.7 Å². The number of carboxylic acids is 1. The van der Waals surface area contributed by atoms with Crippen molar-refractivity contribution in [2.45, 2.75) is 25.0 Å². The zero-order chi connectivity index (χ0) is 14.3. The molecule has 1 fully saturated rings. The molecule has 0 radical (unpaired) electrons. The monoisotopic (exact) mass is 274 g/mol. The number of rotatable bonds is 6. The molecule has 8 nitrogen and oxygen atoms in total. The standard InChI is InChI=1S/C11H18N2O6/c1-18-9(14)3-2-7(11(16)17)13-10(15)8-6-12-4-5-19-8/h7-8,12H,2-6H2,1H3,(H,13,15)(H,16,17)/t7-,8?/m1/s1. The van der Waals surface area contributed by atoms with Crippen LogP contribution in [0, 0.1) is 0 Å². The van der Waals surface area contributed by atoms with E-state index in [1.165, 1.54) is 7.11 Å². The summed E-state index contributed by atoms with van der Waals surface area (Å²) in [7, 11) is 1.22. The quantitative estimate of drug-likeness (QED) is 0.505. The van der Waals surface area contributed by atoms with Gasteiger partial charge in [0.1, 0.15) is 12.1 Å². The van der Waals surface area contributed by atoms with Crippen molar-refractivity contribution in [3.63, 3.8) is 0 Å². The van der Waals surface area contributed by atoms with Crippen LogP contribution >= 0.6 is 0 Å². The van der Waals surface area contributed by atoms with Gasteiger partial charge in [-0.3, -0.25) is 9.59 Å². The third-order valence-corrected chi connectivity index (χ3v) is 2.70. The molecule has 0 bridgehead atoms. The fourth-order valence-electron chi connectivity index (χ4n) is 1.62. The summed E-state index contributed by atoms with van der Waals surface area (Å²) in [6, 6.07) is -1.13. The van der Waals surface area contributed by atoms with Crippen LogP contribution < -0.4 is 10.6 Å². The summed E-state index contributed by atoms with van der Waals surface area (Å²) in [4.78, 5) is 33.7. The Bertz CT molecular complexity index is 340. The van der Waals surface area contributed by atoms with E-state index in [4.69, 9.17) is 9.84 Å². The molecule has 1 heterocycles. The number of esters is 1. The van der Waals surface area contributed by atoms with Gasteiger partial charge in [0.05, 0.1) is 13.7 Å². The highest BCUT2D eigenvalue weighted by molar-refractivity contribution is 5.86. The molecule has 3 N–H and O–H groups in total. The van der Waals surface area contributed by atoms with Gasteiger partial charge in [0.25, 0.3) is 5.91 Å². The maximum atomic E-state index is 11.8. The molecule has 0 spiro atoms. The third-order valence-electron chi connectivity index (χ3n) is 2.70. The molecule has 1 aliphatic rings. The lowest BCUT2D eigenvalue weighted by atomic mass is 10.1. The van der Waals surface area contributed by atoms with Gasteiger partial charge < -0.3 is 25.2 Å². The number of carboxylic acid groups (broad SMARTS) is 1. The van der Waals surface area contributed by atoms with Crippen LogP contribution in [0.5, 0.6) is 0 Å². The minimum absolute atomic E-state index is 0.0199. The first-order valence-corrected chi connectivity index (χ1v) is 5.97. The average molecular weight is 274 g/mol. The highest BCUT2D eigenvalue weighted by atomic mass is 16.5. The van der Waals surface area contributed by atoms with Gasteiger partial charge in [-0.1, -0.05) is 0 Å². The van der Waals surface area contributed by atoms with Gasteiger partial charge in [0.15, 0.2) is 0 Å². The molecule has 1 rings (SSSR count). The molecule has 8 heteroatoms. The number of ether oxygens (including phenoxy) is 2. The zero-order valence-electron chi connectivity index (χ0n) is 10.7. The second kappa shape index (κ2) is 7.70. The highest BCUT2D eigenvalue weighted by Crippen LogP contribution is 2.02. The van der Waals surface area contributed by atoms with Gasteiger partial charge in [0.2, 0.25) is 0 Å². The molecule has 1 unspecified atom stereocenters. The first kappa shape index (κ1) is 15.4. The fraction of sp³-hybridized carbons (Fsp3) is 0.727. The molecule has 0 aromatic carbocycles. The third kappa shape index (κ3) is 5.23. The Kier molecular flexibility index (Phi) is 6.23. The van der Waals surface area contributed by atoms with Crippen LogP contribution in [0.3, 0.4) is 0 Å². The predicted octanol–water partition coefficient (Wildman–Crippen LogP) is -1.50. The molecule has 19 heavy (non-hydrogen) atoms. The number of morpholine rings is 1. The number of carbonyl (C=O) groups is 3. The van der Waals surface area contributed by atoms with Crippen LogP contribution in [-0.4, -0.2) is 61.9 Å². The number of methoxy groups -OCH3 is 1. The Morgan fingerprint density at radius 2 is 2.26 bits per heavy atom. The zero-order valence-corrected chi connectivity index (χ0v) is 10.7. The predicted molar refractivity (Wildman–Crippen MR) is 63.4 cm³/mol. The van der Waals surface area contributed by atoms with Crippen molar-refractivity contribution in [1.82, 2.24) is 10.6 Å². The van der Waals surface area contributed by atoms with Crippen LogP contribution in [0.1, 0.15) is 12.8 Å². The summed E-state index contributed by atoms with van der Waals surface area (Å²) < 4.78 is 9.63. The van der Waals surface area contributed by atoms with E-state index in [9.17, 15) is 14.4 Å². The van der Waals surface area contributed by atoms with Crippen LogP contribution in [-0.2, 0) is 23.9 Å². The first-order valence-electron chi connectivity index (χ1n) is 5.97. The molecule has 1 saturated heterocycles. The highest BCUT2D eigenvalue weighted by Gasteiger charge is 2.27. The fourth-order valence-corrected chi connectivity index (χ4v) is 1.62. The summed E-state index contributed by atoms with van der Waals surface area (Å²) in [5.41, 5.74) is 0. The van der Waals surface area contributed by atoms with E-state index in [0.717, 1.165) is 0 Å². The minimum Gasteiger partial charge on any atom is -0.480 e. The second-order valence-corrected chi connectivity index (χ2v) is 4.08. The number of hydrogen-bond donors (Lipinski definition) is 3. The summed E-state index contributed by atoms with van der Waals surface area (Å²) in [5.74, 6) is -2.21. The maximum Gasteiger partial charge on any atom is 0.326 e. The van der Waals surface area contributed by atoms with Crippen molar-refractivity contribution in [2.24, 2.45) is 0 Å². The lowest BCUT2D eigenvalue weighted by molar-refractivity contribution is -0.146. The van der Waals surface area contributed by atoms with Crippen molar-refractivity contribution >= 4 is 17.8 Å². The van der Waals surface area contributed by atoms with Crippen molar-refractivity contribution < 1.29 is 29.0 Å². The Balaban J connectivity index is 2.45. The lowest BCUT2D eigenvalue weighted by Crippen LogP contribution is -2.52. The molecule has 108 valence electrons. The summed E-state index contributed by atoms with van der Waals surface area (Å²) in [6.45, 7) is 1.40. The summed E-state index contributed by atoms with van der Waals surface area (Å²) in [5, 5.41) is 14.3. The van der Waals surface area contributed by atoms with Gasteiger partial charge in [-0.05, 0) is 6.42 Å². The Labute approximate surface area is 110 Å². The topological polar surface area (TPSA) is 114 Å². The molecular weight excluding hydrogens is 256 g/mol. The summed E-state index contributed by atoms with van der Waals surface area (Å²) >= 11 is 0. The number of amides is 1. The van der Waals surface area contributed by atoms with Crippen LogP contribution in [0.25, 0.3) is 0 Å². The summed E-state index contributed by atoms with van der Waals surface area (Å²) in [6.07, 6.45) is -0.792.